The zero-order valence-corrected chi connectivity index (χ0v) is 15.5. The van der Waals surface area contributed by atoms with Crippen LogP contribution in [0.2, 0.25) is 0 Å². The van der Waals surface area contributed by atoms with E-state index in [1.54, 1.807) is 30.3 Å². The number of ether oxygens (including phenoxy) is 1. The third kappa shape index (κ3) is 4.14. The van der Waals surface area contributed by atoms with Crippen molar-refractivity contribution >= 4 is 11.8 Å². The molecule has 7 nitrogen and oxygen atoms in total. The molecule has 0 N–H and O–H groups in total. The predicted octanol–water partition coefficient (Wildman–Crippen LogP) is 4.56. The van der Waals surface area contributed by atoms with Crippen molar-refractivity contribution in [3.8, 4) is 22.7 Å². The topological polar surface area (TPSA) is 95.4 Å². The third-order valence-electron chi connectivity index (χ3n) is 4.21. The van der Waals surface area contributed by atoms with Gasteiger partial charge in [0.25, 0.3) is 5.89 Å². The minimum Gasteiger partial charge on any atom is -0.450 e. The summed E-state index contributed by atoms with van der Waals surface area (Å²) in [6.45, 7) is 1.34. The van der Waals surface area contributed by atoms with Crippen LogP contribution in [0.3, 0.4) is 0 Å². The molecule has 0 unspecified atom stereocenters. The van der Waals surface area contributed by atoms with Crippen LogP contribution in [0.15, 0.2) is 75.7 Å². The number of carbonyl (C=O) groups is 2. The molecule has 0 aliphatic carbocycles. The molecule has 144 valence electrons. The first kappa shape index (κ1) is 18.4. The van der Waals surface area contributed by atoms with Gasteiger partial charge in [0.15, 0.2) is 12.4 Å². The number of aromatic nitrogens is 2. The Balaban J connectivity index is 1.40. The molecule has 0 amide bonds. The van der Waals surface area contributed by atoms with Crippen LogP contribution in [-0.4, -0.2) is 21.9 Å². The largest absolute Gasteiger partial charge is 0.450 e. The van der Waals surface area contributed by atoms with Gasteiger partial charge in [-0.15, -0.1) is 0 Å². The maximum atomic E-state index is 12.2. The predicted molar refractivity (Wildman–Crippen MR) is 103 cm³/mol. The highest BCUT2D eigenvalue weighted by Crippen LogP contribution is 2.23. The van der Waals surface area contributed by atoms with Gasteiger partial charge in [0.1, 0.15) is 5.76 Å². The van der Waals surface area contributed by atoms with Gasteiger partial charge in [0.2, 0.25) is 11.6 Å². The zero-order chi connectivity index (χ0) is 20.2. The van der Waals surface area contributed by atoms with Gasteiger partial charge in [-0.3, -0.25) is 4.79 Å². The number of furan rings is 1. The number of hydrogen-bond donors (Lipinski definition) is 0. The first-order chi connectivity index (χ1) is 14.1. The Hall–Kier alpha value is -4.00. The first-order valence-corrected chi connectivity index (χ1v) is 8.86. The van der Waals surface area contributed by atoms with Crippen LogP contribution in [0.25, 0.3) is 22.7 Å². The molecule has 2 heterocycles. The van der Waals surface area contributed by atoms with Gasteiger partial charge in [-0.05, 0) is 19.1 Å². The molecule has 0 radical (unpaired) electrons. The van der Waals surface area contributed by atoms with Gasteiger partial charge in [-0.1, -0.05) is 59.8 Å². The molecule has 0 atom stereocenters. The lowest BCUT2D eigenvalue weighted by atomic mass is 10.1. The van der Waals surface area contributed by atoms with Crippen LogP contribution >= 0.6 is 0 Å². The number of rotatable bonds is 6. The van der Waals surface area contributed by atoms with E-state index in [0.717, 1.165) is 11.1 Å². The highest BCUT2D eigenvalue weighted by atomic mass is 16.6. The van der Waals surface area contributed by atoms with Crippen LogP contribution in [0.1, 0.15) is 33.7 Å². The second-order valence-corrected chi connectivity index (χ2v) is 6.25. The summed E-state index contributed by atoms with van der Waals surface area (Å²) in [5.74, 6) is 0.497. The molecule has 0 aliphatic rings. The molecule has 0 bridgehead atoms. The summed E-state index contributed by atoms with van der Waals surface area (Å²) in [5.41, 5.74) is 2.16. The molecule has 0 saturated heterocycles. The fraction of sp³-hybridized carbons (Fsp3) is 0.0909. The van der Waals surface area contributed by atoms with Gasteiger partial charge < -0.3 is 13.7 Å². The van der Waals surface area contributed by atoms with E-state index in [2.05, 4.69) is 10.1 Å². The van der Waals surface area contributed by atoms with E-state index >= 15 is 0 Å². The van der Waals surface area contributed by atoms with Gasteiger partial charge >= 0.3 is 5.97 Å². The lowest BCUT2D eigenvalue weighted by molar-refractivity contribution is 0.0394. The van der Waals surface area contributed by atoms with Gasteiger partial charge in [0, 0.05) is 16.7 Å². The summed E-state index contributed by atoms with van der Waals surface area (Å²) in [5, 5.41) is 3.88. The van der Waals surface area contributed by atoms with E-state index in [1.165, 1.54) is 13.0 Å². The van der Waals surface area contributed by atoms with Crippen molar-refractivity contribution in [3.05, 3.63) is 83.9 Å². The number of benzene rings is 2. The van der Waals surface area contributed by atoms with Crippen molar-refractivity contribution < 1.29 is 23.3 Å². The number of esters is 1. The Morgan fingerprint density at radius 1 is 0.931 bits per heavy atom. The number of nitrogens with zero attached hydrogens (tertiary/aromatic N) is 2. The van der Waals surface area contributed by atoms with E-state index < -0.39 is 5.97 Å². The second kappa shape index (κ2) is 7.93. The number of ketones is 1. The second-order valence-electron chi connectivity index (χ2n) is 6.25. The van der Waals surface area contributed by atoms with Crippen molar-refractivity contribution in [2.45, 2.75) is 13.5 Å². The average molecular weight is 388 g/mol. The Bertz CT molecular complexity index is 1140. The van der Waals surface area contributed by atoms with Crippen molar-refractivity contribution in [2.75, 3.05) is 0 Å². The summed E-state index contributed by atoms with van der Waals surface area (Å²) >= 11 is 0. The lowest BCUT2D eigenvalue weighted by Crippen LogP contribution is -2.04. The summed E-state index contributed by atoms with van der Waals surface area (Å²) in [7, 11) is 0. The Morgan fingerprint density at radius 2 is 1.69 bits per heavy atom. The molecular weight excluding hydrogens is 372 g/mol. The first-order valence-electron chi connectivity index (χ1n) is 8.86. The SMILES string of the molecule is CC(=O)c1ccc(-c2ccc(C(=O)OCc3nc(-c4ccccc4)no3)o2)cc1. The average Bonchev–Trinajstić information content (AvgIpc) is 3.43. The van der Waals surface area contributed by atoms with Crippen molar-refractivity contribution in [1.82, 2.24) is 10.1 Å². The summed E-state index contributed by atoms with van der Waals surface area (Å²) in [6, 6.07) is 19.5. The fourth-order valence-electron chi connectivity index (χ4n) is 2.69. The fourth-order valence-corrected chi connectivity index (χ4v) is 2.69. The molecule has 29 heavy (non-hydrogen) atoms. The highest BCUT2D eigenvalue weighted by molar-refractivity contribution is 5.94. The van der Waals surface area contributed by atoms with E-state index in [-0.39, 0.29) is 24.0 Å². The molecule has 0 aliphatic heterocycles. The molecular formula is C22H16N2O5. The molecule has 0 saturated carbocycles. The van der Waals surface area contributed by atoms with Gasteiger partial charge in [0.05, 0.1) is 0 Å². The maximum Gasteiger partial charge on any atom is 0.374 e. The molecule has 2 aromatic heterocycles. The quantitative estimate of drug-likeness (QED) is 0.353. The summed E-state index contributed by atoms with van der Waals surface area (Å²) in [4.78, 5) is 27.8. The van der Waals surface area contributed by atoms with E-state index in [1.807, 2.05) is 30.3 Å². The minimum atomic E-state index is -0.643. The summed E-state index contributed by atoms with van der Waals surface area (Å²) < 4.78 is 15.9. The zero-order valence-electron chi connectivity index (χ0n) is 15.5. The van der Waals surface area contributed by atoms with Crippen LogP contribution in [0.4, 0.5) is 0 Å². The molecule has 2 aromatic carbocycles. The van der Waals surface area contributed by atoms with E-state index in [0.29, 0.717) is 17.1 Å². The Morgan fingerprint density at radius 3 is 2.41 bits per heavy atom. The van der Waals surface area contributed by atoms with Gasteiger partial charge in [-0.2, -0.15) is 4.98 Å². The van der Waals surface area contributed by atoms with E-state index in [4.69, 9.17) is 13.7 Å². The molecule has 4 aromatic rings. The van der Waals surface area contributed by atoms with Crippen LogP contribution in [0.5, 0.6) is 0 Å². The maximum absolute atomic E-state index is 12.2. The van der Waals surface area contributed by atoms with Gasteiger partial charge in [-0.25, -0.2) is 4.79 Å². The van der Waals surface area contributed by atoms with Crippen molar-refractivity contribution in [2.24, 2.45) is 0 Å². The van der Waals surface area contributed by atoms with Crippen molar-refractivity contribution in [3.63, 3.8) is 0 Å². The molecule has 4 rings (SSSR count). The standard InChI is InChI=1S/C22H16N2O5/c1-14(25)15-7-9-16(10-8-15)18-11-12-19(28-18)22(26)27-13-20-23-21(24-29-20)17-5-3-2-4-6-17/h2-12H,13H2,1H3. The number of hydrogen-bond acceptors (Lipinski definition) is 7. The number of Topliss-reactive ketones (excluding diaryl/α,β-unsaturated/α-hetero) is 1. The van der Waals surface area contributed by atoms with Crippen LogP contribution < -0.4 is 0 Å². The number of carbonyl (C=O) groups excluding carboxylic acids is 2. The molecule has 0 spiro atoms. The normalized spacial score (nSPS) is 10.7. The molecule has 7 heteroatoms. The minimum absolute atomic E-state index is 0.0169. The Labute approximate surface area is 165 Å². The lowest BCUT2D eigenvalue weighted by Gasteiger charge is -2.00. The monoisotopic (exact) mass is 388 g/mol. The van der Waals surface area contributed by atoms with Crippen molar-refractivity contribution in [1.29, 1.82) is 0 Å². The van der Waals surface area contributed by atoms with Crippen LogP contribution in [0, 0.1) is 0 Å². The third-order valence-corrected chi connectivity index (χ3v) is 4.21. The Kier molecular flexibility index (Phi) is 5.03. The highest BCUT2D eigenvalue weighted by Gasteiger charge is 2.16. The van der Waals surface area contributed by atoms with Crippen LogP contribution in [-0.2, 0) is 11.3 Å². The van der Waals surface area contributed by atoms with E-state index in [9.17, 15) is 9.59 Å². The smallest absolute Gasteiger partial charge is 0.374 e. The molecule has 0 fully saturated rings. The summed E-state index contributed by atoms with van der Waals surface area (Å²) in [6.07, 6.45) is 0.